The van der Waals surface area contributed by atoms with Crippen molar-refractivity contribution in [3.8, 4) is 0 Å². The van der Waals surface area contributed by atoms with Crippen molar-refractivity contribution >= 4 is 11.8 Å². The van der Waals surface area contributed by atoms with Gasteiger partial charge in [0.2, 0.25) is 0 Å². The van der Waals surface area contributed by atoms with E-state index in [2.05, 4.69) is 0 Å². The number of hydrogen-bond acceptors (Lipinski definition) is 3. The van der Waals surface area contributed by atoms with Crippen LogP contribution in [0.15, 0.2) is 0 Å². The fraction of sp³-hybridized carbons (Fsp3) is 0.800. The Morgan fingerprint density at radius 3 is 2.57 bits per heavy atom. The molecule has 1 N–H and O–H groups in total. The van der Waals surface area contributed by atoms with Crippen LogP contribution in [0.5, 0.6) is 0 Å². The maximum Gasteiger partial charge on any atom is 0.320 e. The first-order valence-electron chi connectivity index (χ1n) is 5.03. The van der Waals surface area contributed by atoms with Crippen LogP contribution in [-0.4, -0.2) is 40.4 Å². The highest BCUT2D eigenvalue weighted by Crippen LogP contribution is 2.20. The van der Waals surface area contributed by atoms with Gasteiger partial charge < -0.3 is 5.11 Å². The van der Waals surface area contributed by atoms with Crippen LogP contribution in [0.2, 0.25) is 0 Å². The van der Waals surface area contributed by atoms with Gasteiger partial charge in [0.15, 0.2) is 0 Å². The molecule has 0 aliphatic carbocycles. The summed E-state index contributed by atoms with van der Waals surface area (Å²) in [5.41, 5.74) is 0. The third-order valence-electron chi connectivity index (χ3n) is 2.87. The van der Waals surface area contributed by atoms with Crippen LogP contribution in [0.1, 0.15) is 33.1 Å². The highest BCUT2D eigenvalue weighted by atomic mass is 16.4. The van der Waals surface area contributed by atoms with E-state index in [9.17, 15) is 9.59 Å². The summed E-state index contributed by atoms with van der Waals surface area (Å²) < 4.78 is 0. The minimum atomic E-state index is -0.849. The summed E-state index contributed by atoms with van der Waals surface area (Å²) in [6.45, 7) is 3.90. The van der Waals surface area contributed by atoms with E-state index in [1.807, 2.05) is 0 Å². The second-order valence-corrected chi connectivity index (χ2v) is 3.87. The van der Waals surface area contributed by atoms with Crippen molar-refractivity contribution in [2.75, 3.05) is 6.54 Å². The molecular formula is C10H17NO3. The maximum absolute atomic E-state index is 11.3. The quantitative estimate of drug-likeness (QED) is 0.733. The van der Waals surface area contributed by atoms with Gasteiger partial charge in [0, 0.05) is 0 Å². The molecular weight excluding hydrogens is 182 g/mol. The Morgan fingerprint density at radius 1 is 1.43 bits per heavy atom. The third-order valence-corrected chi connectivity index (χ3v) is 2.87. The van der Waals surface area contributed by atoms with Crippen LogP contribution < -0.4 is 0 Å². The molecule has 1 aliphatic heterocycles. The minimum absolute atomic E-state index is 0.0813. The number of carboxylic acid groups (broad SMARTS) is 1. The smallest absolute Gasteiger partial charge is 0.320 e. The molecule has 80 valence electrons. The Kier molecular flexibility index (Phi) is 3.63. The Bertz CT molecular complexity index is 240. The number of carboxylic acids is 1. The van der Waals surface area contributed by atoms with Gasteiger partial charge in [-0.15, -0.1) is 0 Å². The third kappa shape index (κ3) is 2.32. The summed E-state index contributed by atoms with van der Waals surface area (Å²) in [5, 5.41) is 8.88. The highest BCUT2D eigenvalue weighted by molar-refractivity contribution is 5.82. The van der Waals surface area contributed by atoms with Crippen molar-refractivity contribution in [1.82, 2.24) is 4.90 Å². The molecule has 1 heterocycles. The number of aliphatic carboxylic acids is 1. The molecule has 0 amide bonds. The zero-order valence-electron chi connectivity index (χ0n) is 8.69. The van der Waals surface area contributed by atoms with Crippen molar-refractivity contribution in [2.24, 2.45) is 0 Å². The van der Waals surface area contributed by atoms with Gasteiger partial charge in [-0.25, -0.2) is 0 Å². The topological polar surface area (TPSA) is 57.6 Å². The molecule has 1 rings (SSSR count). The first kappa shape index (κ1) is 11.2. The average Bonchev–Trinajstić information content (AvgIpc) is 2.16. The Hall–Kier alpha value is -0.900. The first-order valence-corrected chi connectivity index (χ1v) is 5.03. The lowest BCUT2D eigenvalue weighted by atomic mass is 9.97. The molecule has 1 fully saturated rings. The SMILES string of the molecule is CC(=O)C1CCCCN1C(C)C(=O)O. The normalized spacial score (nSPS) is 25.7. The van der Waals surface area contributed by atoms with Crippen molar-refractivity contribution < 1.29 is 14.7 Å². The van der Waals surface area contributed by atoms with Crippen molar-refractivity contribution in [1.29, 1.82) is 0 Å². The molecule has 0 aromatic carbocycles. The van der Waals surface area contributed by atoms with Crippen LogP contribution in [0.25, 0.3) is 0 Å². The van der Waals surface area contributed by atoms with E-state index in [0.717, 1.165) is 25.8 Å². The highest BCUT2D eigenvalue weighted by Gasteiger charge is 2.32. The largest absolute Gasteiger partial charge is 0.480 e. The summed E-state index contributed by atoms with van der Waals surface area (Å²) >= 11 is 0. The zero-order chi connectivity index (χ0) is 10.7. The molecule has 1 saturated heterocycles. The van der Waals surface area contributed by atoms with Gasteiger partial charge in [-0.05, 0) is 33.2 Å². The lowest BCUT2D eigenvalue weighted by Gasteiger charge is -2.36. The number of nitrogens with zero attached hydrogens (tertiary/aromatic N) is 1. The molecule has 0 radical (unpaired) electrons. The lowest BCUT2D eigenvalue weighted by Crippen LogP contribution is -2.51. The predicted molar refractivity (Wildman–Crippen MR) is 52.1 cm³/mol. The van der Waals surface area contributed by atoms with Crippen molar-refractivity contribution in [3.05, 3.63) is 0 Å². The van der Waals surface area contributed by atoms with Crippen molar-refractivity contribution in [3.63, 3.8) is 0 Å². The minimum Gasteiger partial charge on any atom is -0.480 e. The number of likely N-dealkylation sites (tertiary alicyclic amines) is 1. The molecule has 0 spiro atoms. The first-order chi connectivity index (χ1) is 6.54. The van der Waals surface area contributed by atoms with Crippen LogP contribution in [-0.2, 0) is 9.59 Å². The average molecular weight is 199 g/mol. The van der Waals surface area contributed by atoms with E-state index in [4.69, 9.17) is 5.11 Å². The molecule has 1 aliphatic rings. The number of piperidine rings is 1. The molecule has 4 heteroatoms. The molecule has 0 saturated carbocycles. The number of carbonyl (C=O) groups is 2. The van der Waals surface area contributed by atoms with E-state index < -0.39 is 12.0 Å². The van der Waals surface area contributed by atoms with E-state index in [1.54, 1.807) is 11.8 Å². The Balaban J connectivity index is 2.72. The van der Waals surface area contributed by atoms with Crippen LogP contribution in [0.4, 0.5) is 0 Å². The van der Waals surface area contributed by atoms with Gasteiger partial charge in [-0.1, -0.05) is 6.42 Å². The van der Waals surface area contributed by atoms with Crippen LogP contribution in [0.3, 0.4) is 0 Å². The molecule has 4 nitrogen and oxygen atoms in total. The number of carbonyl (C=O) groups excluding carboxylic acids is 1. The van der Waals surface area contributed by atoms with Crippen molar-refractivity contribution in [2.45, 2.75) is 45.2 Å². The summed E-state index contributed by atoms with van der Waals surface area (Å²) in [6, 6.07) is -0.737. The van der Waals surface area contributed by atoms with Gasteiger partial charge in [-0.3, -0.25) is 14.5 Å². The van der Waals surface area contributed by atoms with Gasteiger partial charge >= 0.3 is 5.97 Å². The molecule has 0 aromatic heterocycles. The number of hydrogen-bond donors (Lipinski definition) is 1. The molecule has 2 atom stereocenters. The maximum atomic E-state index is 11.3. The van der Waals surface area contributed by atoms with Gasteiger partial charge in [0.05, 0.1) is 6.04 Å². The summed E-state index contributed by atoms with van der Waals surface area (Å²) in [6.07, 6.45) is 2.81. The molecule has 0 bridgehead atoms. The molecule has 14 heavy (non-hydrogen) atoms. The number of ketones is 1. The van der Waals surface area contributed by atoms with Gasteiger partial charge in [0.1, 0.15) is 11.8 Å². The van der Waals surface area contributed by atoms with E-state index in [1.165, 1.54) is 6.92 Å². The second-order valence-electron chi connectivity index (χ2n) is 3.87. The van der Waals surface area contributed by atoms with Gasteiger partial charge in [0.25, 0.3) is 0 Å². The predicted octanol–water partition coefficient (Wildman–Crippen LogP) is 0.903. The van der Waals surface area contributed by atoms with Gasteiger partial charge in [-0.2, -0.15) is 0 Å². The van der Waals surface area contributed by atoms with Crippen LogP contribution in [0, 0.1) is 0 Å². The monoisotopic (exact) mass is 199 g/mol. The summed E-state index contributed by atoms with van der Waals surface area (Å²) in [4.78, 5) is 23.9. The fourth-order valence-electron chi connectivity index (χ4n) is 2.00. The summed E-state index contributed by atoms with van der Waals surface area (Å²) in [7, 11) is 0. The molecule has 2 unspecified atom stereocenters. The standard InChI is InChI=1S/C10H17NO3/c1-7(10(13)14)11-6-4-3-5-9(11)8(2)12/h7,9H,3-6H2,1-2H3,(H,13,14). The van der Waals surface area contributed by atoms with E-state index in [-0.39, 0.29) is 11.8 Å². The molecule has 0 aromatic rings. The van der Waals surface area contributed by atoms with Crippen LogP contribution >= 0.6 is 0 Å². The lowest BCUT2D eigenvalue weighted by molar-refractivity contribution is -0.145. The van der Waals surface area contributed by atoms with E-state index >= 15 is 0 Å². The Morgan fingerprint density at radius 2 is 2.07 bits per heavy atom. The fourth-order valence-corrected chi connectivity index (χ4v) is 2.00. The van der Waals surface area contributed by atoms with E-state index in [0.29, 0.717) is 0 Å². The second kappa shape index (κ2) is 4.55. The zero-order valence-corrected chi connectivity index (χ0v) is 8.69. The summed E-state index contributed by atoms with van der Waals surface area (Å²) in [5.74, 6) is -0.768. The Labute approximate surface area is 83.9 Å². The number of rotatable bonds is 3. The number of Topliss-reactive ketones (excluding diaryl/α,β-unsaturated/α-hetero) is 1.